The van der Waals surface area contributed by atoms with E-state index in [9.17, 15) is 4.79 Å². The van der Waals surface area contributed by atoms with Crippen molar-refractivity contribution in [3.8, 4) is 0 Å². The SMILES string of the molecule is Cc1ccc(CC(=O)N2CCCCC2c2ncc3c(n2)CCN(C)C3)cc1. The normalized spacial score (nSPS) is 20.4. The maximum atomic E-state index is 13.0. The second-order valence-electron chi connectivity index (χ2n) is 7.95. The van der Waals surface area contributed by atoms with E-state index in [1.807, 2.05) is 11.1 Å². The molecule has 5 heteroatoms. The first kappa shape index (κ1) is 18.1. The number of amides is 1. The minimum absolute atomic E-state index is 0.0154. The number of piperidine rings is 1. The molecule has 0 aliphatic carbocycles. The van der Waals surface area contributed by atoms with E-state index in [-0.39, 0.29) is 11.9 Å². The number of nitrogens with zero attached hydrogens (tertiary/aromatic N) is 4. The first-order chi connectivity index (χ1) is 13.1. The summed E-state index contributed by atoms with van der Waals surface area (Å²) in [5, 5.41) is 0. The number of fused-ring (bicyclic) bond motifs is 1. The Morgan fingerprint density at radius 1 is 1.19 bits per heavy atom. The predicted molar refractivity (Wildman–Crippen MR) is 105 cm³/mol. The lowest BCUT2D eigenvalue weighted by atomic mass is 9.99. The van der Waals surface area contributed by atoms with Gasteiger partial charge in [0.1, 0.15) is 0 Å². The maximum absolute atomic E-state index is 13.0. The topological polar surface area (TPSA) is 49.3 Å². The zero-order chi connectivity index (χ0) is 18.8. The van der Waals surface area contributed by atoms with E-state index >= 15 is 0 Å². The molecule has 5 nitrogen and oxygen atoms in total. The lowest BCUT2D eigenvalue weighted by Gasteiger charge is -2.35. The van der Waals surface area contributed by atoms with E-state index in [4.69, 9.17) is 4.98 Å². The number of likely N-dealkylation sites (N-methyl/N-ethyl adjacent to an activating group) is 1. The van der Waals surface area contributed by atoms with Crippen LogP contribution in [0.3, 0.4) is 0 Å². The lowest BCUT2D eigenvalue weighted by molar-refractivity contribution is -0.134. The Morgan fingerprint density at radius 3 is 2.81 bits per heavy atom. The highest BCUT2D eigenvalue weighted by molar-refractivity contribution is 5.79. The van der Waals surface area contributed by atoms with Gasteiger partial charge < -0.3 is 9.80 Å². The van der Waals surface area contributed by atoms with Crippen molar-refractivity contribution in [1.29, 1.82) is 0 Å². The lowest BCUT2D eigenvalue weighted by Crippen LogP contribution is -2.40. The highest BCUT2D eigenvalue weighted by atomic mass is 16.2. The van der Waals surface area contributed by atoms with Crippen LogP contribution in [0, 0.1) is 6.92 Å². The number of benzene rings is 1. The Bertz CT molecular complexity index is 818. The van der Waals surface area contributed by atoms with Crippen LogP contribution in [0.1, 0.15) is 53.5 Å². The molecule has 1 atom stereocenters. The maximum Gasteiger partial charge on any atom is 0.227 e. The number of carbonyl (C=O) groups is 1. The van der Waals surface area contributed by atoms with E-state index in [0.29, 0.717) is 6.42 Å². The molecule has 1 amide bonds. The molecule has 142 valence electrons. The zero-order valence-corrected chi connectivity index (χ0v) is 16.3. The number of likely N-dealkylation sites (tertiary alicyclic amines) is 1. The summed E-state index contributed by atoms with van der Waals surface area (Å²) >= 11 is 0. The fourth-order valence-corrected chi connectivity index (χ4v) is 4.11. The summed E-state index contributed by atoms with van der Waals surface area (Å²) < 4.78 is 0. The average Bonchev–Trinajstić information content (AvgIpc) is 2.69. The van der Waals surface area contributed by atoms with Crippen LogP contribution in [-0.2, 0) is 24.2 Å². The molecule has 2 aliphatic heterocycles. The van der Waals surface area contributed by atoms with Gasteiger partial charge in [0.05, 0.1) is 12.5 Å². The van der Waals surface area contributed by atoms with Gasteiger partial charge in [0.2, 0.25) is 5.91 Å². The molecule has 0 spiro atoms. The molecular weight excluding hydrogens is 336 g/mol. The summed E-state index contributed by atoms with van der Waals surface area (Å²) in [5.74, 6) is 1.01. The van der Waals surface area contributed by atoms with Crippen molar-refractivity contribution in [3.05, 3.63) is 58.7 Å². The monoisotopic (exact) mass is 364 g/mol. The van der Waals surface area contributed by atoms with Crippen LogP contribution in [0.5, 0.6) is 0 Å². The molecule has 0 bridgehead atoms. The molecule has 1 fully saturated rings. The minimum Gasteiger partial charge on any atom is -0.332 e. The van der Waals surface area contributed by atoms with E-state index < -0.39 is 0 Å². The Kier molecular flexibility index (Phi) is 5.21. The number of hydrogen-bond acceptors (Lipinski definition) is 4. The molecule has 1 aromatic heterocycles. The Balaban J connectivity index is 1.53. The summed E-state index contributed by atoms with van der Waals surface area (Å²) in [6.45, 7) is 4.82. The van der Waals surface area contributed by atoms with Crippen molar-refractivity contribution in [3.63, 3.8) is 0 Å². The highest BCUT2D eigenvalue weighted by Crippen LogP contribution is 2.30. The van der Waals surface area contributed by atoms with Crippen molar-refractivity contribution in [2.45, 2.75) is 51.6 Å². The fraction of sp³-hybridized carbons (Fsp3) is 0.500. The second-order valence-corrected chi connectivity index (χ2v) is 7.95. The van der Waals surface area contributed by atoms with Crippen molar-refractivity contribution in [1.82, 2.24) is 19.8 Å². The van der Waals surface area contributed by atoms with Crippen molar-refractivity contribution in [2.75, 3.05) is 20.1 Å². The first-order valence-electron chi connectivity index (χ1n) is 9.98. The Labute approximate surface area is 161 Å². The summed E-state index contributed by atoms with van der Waals surface area (Å²) in [6, 6.07) is 8.26. The molecule has 2 aromatic rings. The molecule has 2 aliphatic rings. The first-order valence-corrected chi connectivity index (χ1v) is 9.98. The number of aromatic nitrogens is 2. The van der Waals surface area contributed by atoms with Gasteiger partial charge in [-0.05, 0) is 38.8 Å². The van der Waals surface area contributed by atoms with Gasteiger partial charge in [-0.15, -0.1) is 0 Å². The number of hydrogen-bond donors (Lipinski definition) is 0. The van der Waals surface area contributed by atoms with Crippen molar-refractivity contribution < 1.29 is 4.79 Å². The van der Waals surface area contributed by atoms with Crippen LogP contribution in [0.25, 0.3) is 0 Å². The van der Waals surface area contributed by atoms with Crippen LogP contribution >= 0.6 is 0 Å². The van der Waals surface area contributed by atoms with E-state index in [1.165, 1.54) is 11.1 Å². The van der Waals surface area contributed by atoms with Gasteiger partial charge in [-0.3, -0.25) is 4.79 Å². The number of aryl methyl sites for hydroxylation is 1. The third-order valence-corrected chi connectivity index (χ3v) is 5.74. The van der Waals surface area contributed by atoms with E-state index in [0.717, 1.165) is 62.4 Å². The van der Waals surface area contributed by atoms with Gasteiger partial charge in [0.25, 0.3) is 0 Å². The number of carbonyl (C=O) groups excluding carboxylic acids is 1. The molecule has 0 N–H and O–H groups in total. The van der Waals surface area contributed by atoms with Crippen molar-refractivity contribution >= 4 is 5.91 Å². The highest BCUT2D eigenvalue weighted by Gasteiger charge is 2.30. The van der Waals surface area contributed by atoms with Gasteiger partial charge in [-0.25, -0.2) is 9.97 Å². The summed E-state index contributed by atoms with van der Waals surface area (Å²) in [4.78, 5) is 26.9. The van der Waals surface area contributed by atoms with Gasteiger partial charge in [0, 0.05) is 43.5 Å². The predicted octanol–water partition coefficient (Wildman–Crippen LogP) is 3.07. The van der Waals surface area contributed by atoms with Gasteiger partial charge in [-0.1, -0.05) is 29.8 Å². The summed E-state index contributed by atoms with van der Waals surface area (Å²) in [5.41, 5.74) is 4.68. The van der Waals surface area contributed by atoms with Crippen LogP contribution in [-0.4, -0.2) is 45.8 Å². The Morgan fingerprint density at radius 2 is 2.00 bits per heavy atom. The molecular formula is C22H28N4O. The second kappa shape index (κ2) is 7.77. The van der Waals surface area contributed by atoms with Crippen LogP contribution in [0.15, 0.2) is 30.5 Å². The standard InChI is InChI=1S/C22H28N4O/c1-16-6-8-17(9-7-16)13-21(27)26-11-4-3-5-20(26)22-23-14-18-15-25(2)12-10-19(18)24-22/h6-9,14,20H,3-5,10-13,15H2,1-2H3. The van der Waals surface area contributed by atoms with Gasteiger partial charge in [0.15, 0.2) is 5.82 Å². The molecule has 0 radical (unpaired) electrons. The molecule has 1 saturated heterocycles. The quantitative estimate of drug-likeness (QED) is 0.840. The molecule has 3 heterocycles. The molecule has 4 rings (SSSR count). The third-order valence-electron chi connectivity index (χ3n) is 5.74. The van der Waals surface area contributed by atoms with E-state index in [1.54, 1.807) is 0 Å². The minimum atomic E-state index is 0.0154. The van der Waals surface area contributed by atoms with Crippen LogP contribution in [0.4, 0.5) is 0 Å². The van der Waals surface area contributed by atoms with E-state index in [2.05, 4.69) is 48.1 Å². The molecule has 0 saturated carbocycles. The third kappa shape index (κ3) is 4.03. The van der Waals surface area contributed by atoms with Crippen LogP contribution in [0.2, 0.25) is 0 Å². The van der Waals surface area contributed by atoms with Gasteiger partial charge >= 0.3 is 0 Å². The van der Waals surface area contributed by atoms with Crippen LogP contribution < -0.4 is 0 Å². The molecule has 1 unspecified atom stereocenters. The average molecular weight is 364 g/mol. The smallest absolute Gasteiger partial charge is 0.227 e. The zero-order valence-electron chi connectivity index (χ0n) is 16.3. The molecule has 1 aromatic carbocycles. The summed E-state index contributed by atoms with van der Waals surface area (Å²) in [7, 11) is 2.13. The van der Waals surface area contributed by atoms with Gasteiger partial charge in [-0.2, -0.15) is 0 Å². The van der Waals surface area contributed by atoms with Crippen molar-refractivity contribution in [2.24, 2.45) is 0 Å². The Hall–Kier alpha value is -2.27. The number of rotatable bonds is 3. The summed E-state index contributed by atoms with van der Waals surface area (Å²) in [6.07, 6.45) is 6.54. The molecule has 27 heavy (non-hydrogen) atoms. The largest absolute Gasteiger partial charge is 0.332 e. The fourth-order valence-electron chi connectivity index (χ4n) is 4.11.